The molecule has 1 aliphatic rings. The first kappa shape index (κ1) is 15.3. The van der Waals surface area contributed by atoms with Gasteiger partial charge in [-0.25, -0.2) is 8.78 Å². The van der Waals surface area contributed by atoms with Gasteiger partial charge in [0.25, 0.3) is 0 Å². The molecule has 0 amide bonds. The molecule has 3 rings (SSSR count). The van der Waals surface area contributed by atoms with Crippen molar-refractivity contribution >= 4 is 34.7 Å². The maximum atomic E-state index is 13.5. The molecule has 1 unspecified atom stereocenters. The molecule has 0 spiro atoms. The second kappa shape index (κ2) is 6.24. The number of thiophene rings is 1. The number of rotatable bonds is 3. The van der Waals surface area contributed by atoms with Crippen molar-refractivity contribution in [3.63, 3.8) is 0 Å². The first-order chi connectivity index (χ1) is 10.1. The highest BCUT2D eigenvalue weighted by Crippen LogP contribution is 2.38. The molecule has 0 fully saturated rings. The Morgan fingerprint density at radius 3 is 2.71 bits per heavy atom. The molecule has 1 N–H and O–H groups in total. The zero-order valence-electron chi connectivity index (χ0n) is 11.4. The normalized spacial score (nSPS) is 15.8. The molecule has 6 heteroatoms. The summed E-state index contributed by atoms with van der Waals surface area (Å²) >= 11 is 9.76. The van der Waals surface area contributed by atoms with Crippen molar-refractivity contribution < 1.29 is 8.78 Å². The number of aryl methyl sites for hydroxylation is 1. The van der Waals surface area contributed by atoms with E-state index in [4.69, 9.17) is 11.6 Å². The first-order valence-corrected chi connectivity index (χ1v) is 8.96. The Morgan fingerprint density at radius 2 is 2.00 bits per heavy atom. The van der Waals surface area contributed by atoms with Crippen LogP contribution in [0.3, 0.4) is 0 Å². The van der Waals surface area contributed by atoms with E-state index < -0.39 is 11.6 Å². The Bertz CT molecular complexity index is 648. The number of hydrogen-bond acceptors (Lipinski definition) is 3. The lowest BCUT2D eigenvalue weighted by atomic mass is 10.0. The summed E-state index contributed by atoms with van der Waals surface area (Å²) in [6, 6.07) is 4.17. The van der Waals surface area contributed by atoms with Gasteiger partial charge in [0.2, 0.25) is 0 Å². The summed E-state index contributed by atoms with van der Waals surface area (Å²) in [6.45, 7) is 0. The number of halogens is 3. The molecule has 21 heavy (non-hydrogen) atoms. The number of hydrogen-bond donors (Lipinski definition) is 1. The Morgan fingerprint density at radius 1 is 1.24 bits per heavy atom. The van der Waals surface area contributed by atoms with Crippen molar-refractivity contribution in [3.8, 4) is 0 Å². The average molecular weight is 346 g/mol. The third kappa shape index (κ3) is 2.97. The van der Waals surface area contributed by atoms with Gasteiger partial charge in [-0.2, -0.15) is 11.8 Å². The highest BCUT2D eigenvalue weighted by Gasteiger charge is 2.22. The maximum absolute atomic E-state index is 13.5. The Kier molecular flexibility index (Phi) is 4.54. The van der Waals surface area contributed by atoms with Crippen LogP contribution in [0.4, 0.5) is 8.78 Å². The molecule has 1 aromatic heterocycles. The Labute approximate surface area is 135 Å². The van der Waals surface area contributed by atoms with Gasteiger partial charge in [0, 0.05) is 20.5 Å². The summed E-state index contributed by atoms with van der Waals surface area (Å²) in [5.41, 5.74) is 1.93. The van der Waals surface area contributed by atoms with E-state index in [1.54, 1.807) is 18.4 Å². The van der Waals surface area contributed by atoms with Crippen LogP contribution in [0.5, 0.6) is 0 Å². The van der Waals surface area contributed by atoms with E-state index in [-0.39, 0.29) is 11.1 Å². The molecule has 1 atom stereocenters. The van der Waals surface area contributed by atoms with E-state index in [0.717, 1.165) is 28.9 Å². The lowest BCUT2D eigenvalue weighted by Crippen LogP contribution is -2.17. The van der Waals surface area contributed by atoms with Gasteiger partial charge in [0.1, 0.15) is 0 Å². The van der Waals surface area contributed by atoms with Crippen molar-refractivity contribution in [1.82, 2.24) is 5.32 Å². The van der Waals surface area contributed by atoms with Crippen molar-refractivity contribution in [2.75, 3.05) is 12.8 Å². The second-order valence-corrected chi connectivity index (χ2v) is 7.59. The molecule has 0 aliphatic carbocycles. The highest BCUT2D eigenvalue weighted by atomic mass is 35.5. The number of benzene rings is 1. The van der Waals surface area contributed by atoms with Crippen LogP contribution in [-0.4, -0.2) is 12.8 Å². The Balaban J connectivity index is 2.02. The smallest absolute Gasteiger partial charge is 0.160 e. The van der Waals surface area contributed by atoms with Crippen LogP contribution in [0, 0.1) is 11.6 Å². The summed E-state index contributed by atoms with van der Waals surface area (Å²) in [6.07, 6.45) is 1.08. The fourth-order valence-corrected chi connectivity index (χ4v) is 5.29. The molecule has 1 nitrogen and oxygen atoms in total. The average Bonchev–Trinajstić information content (AvgIpc) is 2.88. The molecule has 2 aromatic rings. The van der Waals surface area contributed by atoms with Gasteiger partial charge in [-0.15, -0.1) is 11.3 Å². The fraction of sp³-hybridized carbons (Fsp3) is 0.333. The molecule has 0 radical (unpaired) electrons. The monoisotopic (exact) mass is 345 g/mol. The summed E-state index contributed by atoms with van der Waals surface area (Å²) < 4.78 is 26.8. The number of fused-ring (bicyclic) bond motifs is 1. The topological polar surface area (TPSA) is 12.0 Å². The van der Waals surface area contributed by atoms with Crippen molar-refractivity contribution in [2.45, 2.75) is 18.2 Å². The van der Waals surface area contributed by atoms with E-state index in [9.17, 15) is 8.78 Å². The van der Waals surface area contributed by atoms with Crippen LogP contribution in [-0.2, 0) is 12.2 Å². The van der Waals surface area contributed by atoms with Gasteiger partial charge in [-0.05, 0) is 48.5 Å². The summed E-state index contributed by atoms with van der Waals surface area (Å²) in [4.78, 5) is 2.49. The van der Waals surface area contributed by atoms with Crippen LogP contribution in [0.15, 0.2) is 18.2 Å². The summed E-state index contributed by atoms with van der Waals surface area (Å²) in [5.74, 6) is 0.378. The van der Waals surface area contributed by atoms with Gasteiger partial charge in [0.05, 0.1) is 6.04 Å². The third-order valence-electron chi connectivity index (χ3n) is 3.57. The zero-order chi connectivity index (χ0) is 15.0. The molecular weight excluding hydrogens is 332 g/mol. The zero-order valence-corrected chi connectivity index (χ0v) is 13.8. The Hall–Kier alpha value is -0.620. The van der Waals surface area contributed by atoms with Crippen LogP contribution >= 0.6 is 34.7 Å². The fourth-order valence-electron chi connectivity index (χ4n) is 2.52. The van der Waals surface area contributed by atoms with Gasteiger partial charge in [0.15, 0.2) is 11.6 Å². The minimum Gasteiger partial charge on any atom is -0.309 e. The first-order valence-electron chi connectivity index (χ1n) is 6.61. The number of thioether (sulfide) groups is 1. The van der Waals surface area contributed by atoms with Gasteiger partial charge < -0.3 is 5.32 Å². The lowest BCUT2D eigenvalue weighted by molar-refractivity contribution is 0.505. The number of nitrogens with one attached hydrogen (secondary N) is 1. The van der Waals surface area contributed by atoms with Crippen LogP contribution in [0.2, 0.25) is 5.02 Å². The van der Waals surface area contributed by atoms with Gasteiger partial charge in [-0.1, -0.05) is 11.6 Å². The van der Waals surface area contributed by atoms with E-state index in [1.165, 1.54) is 16.5 Å². The van der Waals surface area contributed by atoms with E-state index >= 15 is 0 Å². The minimum atomic E-state index is -0.916. The molecule has 0 saturated carbocycles. The summed E-state index contributed by atoms with van der Waals surface area (Å²) in [5, 5.41) is 3.41. The second-order valence-electron chi connectivity index (χ2n) is 4.91. The quantitative estimate of drug-likeness (QED) is 0.803. The molecule has 1 aromatic carbocycles. The predicted octanol–water partition coefficient (Wildman–Crippen LogP) is 4.78. The molecule has 112 valence electrons. The molecule has 1 aliphatic heterocycles. The van der Waals surface area contributed by atoms with E-state index in [2.05, 4.69) is 11.4 Å². The summed E-state index contributed by atoms with van der Waals surface area (Å²) in [7, 11) is 1.80. The highest BCUT2D eigenvalue weighted by molar-refractivity contribution is 7.98. The van der Waals surface area contributed by atoms with Gasteiger partial charge in [-0.3, -0.25) is 0 Å². The van der Waals surface area contributed by atoms with Crippen molar-refractivity contribution in [2.24, 2.45) is 0 Å². The van der Waals surface area contributed by atoms with E-state index in [0.29, 0.717) is 5.56 Å². The predicted molar refractivity (Wildman–Crippen MR) is 86.5 cm³/mol. The molecule has 0 bridgehead atoms. The van der Waals surface area contributed by atoms with Crippen molar-refractivity contribution in [3.05, 3.63) is 55.7 Å². The molecular formula is C15H14ClF2NS2. The molecule has 0 saturated heterocycles. The van der Waals surface area contributed by atoms with Crippen LogP contribution in [0.1, 0.15) is 26.9 Å². The minimum absolute atomic E-state index is 0.215. The standard InChI is InChI=1S/C15H14ClF2NS2/c1-19-15(9-5-11(17)12(18)6-10(9)16)14-4-8-7-20-3-2-13(8)21-14/h4-6,15,19H,2-3,7H2,1H3. The lowest BCUT2D eigenvalue weighted by Gasteiger charge is -2.17. The third-order valence-corrected chi connectivity index (χ3v) is 6.21. The molecule has 2 heterocycles. The SMILES string of the molecule is CNC(c1cc2c(s1)CCSC2)c1cc(F)c(F)cc1Cl. The van der Waals surface area contributed by atoms with Crippen LogP contribution < -0.4 is 5.32 Å². The van der Waals surface area contributed by atoms with Crippen LogP contribution in [0.25, 0.3) is 0 Å². The van der Waals surface area contributed by atoms with E-state index in [1.807, 2.05) is 11.8 Å². The largest absolute Gasteiger partial charge is 0.309 e. The van der Waals surface area contributed by atoms with Crippen molar-refractivity contribution in [1.29, 1.82) is 0 Å². The maximum Gasteiger partial charge on any atom is 0.160 e. The van der Waals surface area contributed by atoms with Gasteiger partial charge >= 0.3 is 0 Å².